The molecule has 0 aliphatic heterocycles. The second-order valence-electron chi connectivity index (χ2n) is 3.00. The number of carbonyl (C=O) groups is 1. The zero-order chi connectivity index (χ0) is 9.61. The Morgan fingerprint density at radius 2 is 2.08 bits per heavy atom. The summed E-state index contributed by atoms with van der Waals surface area (Å²) in [4.78, 5) is 11.1. The molecule has 0 aliphatic rings. The Labute approximate surface area is 86.7 Å². The minimum atomic E-state index is -0.575. The number of hydrogen-bond acceptors (Lipinski definition) is 2. The summed E-state index contributed by atoms with van der Waals surface area (Å²) in [7, 11) is 0. The lowest BCUT2D eigenvalue weighted by Gasteiger charge is -2.14. The lowest BCUT2D eigenvalue weighted by molar-refractivity contribution is -0.145. The van der Waals surface area contributed by atoms with Gasteiger partial charge in [-0.1, -0.05) is 15.9 Å². The van der Waals surface area contributed by atoms with Crippen LogP contribution >= 0.6 is 27.5 Å². The molecule has 0 saturated carbocycles. The zero-order valence-corrected chi connectivity index (χ0v) is 9.74. The molecule has 0 bridgehead atoms. The maximum Gasteiger partial charge on any atom is 0.322 e. The molecule has 0 aromatic heterocycles. The monoisotopic (exact) mass is 256 g/mol. The van der Waals surface area contributed by atoms with E-state index in [0.717, 1.165) is 12.8 Å². The summed E-state index contributed by atoms with van der Waals surface area (Å²) in [6.07, 6.45) is 1.72. The van der Waals surface area contributed by atoms with Gasteiger partial charge in [-0.2, -0.15) is 0 Å². The molecule has 0 aromatic carbocycles. The second-order valence-corrected chi connectivity index (χ2v) is 5.36. The highest BCUT2D eigenvalue weighted by Crippen LogP contribution is 2.17. The van der Waals surface area contributed by atoms with Crippen molar-refractivity contribution in [3.63, 3.8) is 0 Å². The summed E-state index contributed by atoms with van der Waals surface area (Å²) >= 11 is 8.67. The minimum Gasteiger partial charge on any atom is -0.465 e. The van der Waals surface area contributed by atoms with E-state index in [1.54, 1.807) is 13.8 Å². The van der Waals surface area contributed by atoms with Crippen LogP contribution in [0.1, 0.15) is 26.7 Å². The summed E-state index contributed by atoms with van der Waals surface area (Å²) in [5.74, 6) is 0.395. The number of carbonyl (C=O) groups excluding carboxylic acids is 1. The van der Waals surface area contributed by atoms with Crippen molar-refractivity contribution in [1.82, 2.24) is 0 Å². The highest BCUT2D eigenvalue weighted by molar-refractivity contribution is 9.10. The molecule has 0 rings (SSSR count). The van der Waals surface area contributed by atoms with Crippen LogP contribution in [0, 0.1) is 0 Å². The van der Waals surface area contributed by atoms with E-state index < -0.39 is 4.32 Å². The van der Waals surface area contributed by atoms with Gasteiger partial charge in [-0.25, -0.2) is 0 Å². The first-order chi connectivity index (χ1) is 5.48. The number of alkyl halides is 2. The summed E-state index contributed by atoms with van der Waals surface area (Å²) < 4.78 is 4.39. The molecule has 72 valence electrons. The lowest BCUT2D eigenvalue weighted by atomic mass is 10.2. The molecule has 0 atom stereocenters. The van der Waals surface area contributed by atoms with Gasteiger partial charge in [0.15, 0.2) is 0 Å². The van der Waals surface area contributed by atoms with Gasteiger partial charge < -0.3 is 4.74 Å². The van der Waals surface area contributed by atoms with Crippen molar-refractivity contribution in [3.8, 4) is 0 Å². The highest BCUT2D eigenvalue weighted by Gasteiger charge is 2.24. The van der Waals surface area contributed by atoms with Gasteiger partial charge in [-0.05, 0) is 26.7 Å². The molecule has 2 nitrogen and oxygen atoms in total. The average Bonchev–Trinajstić information content (AvgIpc) is 1.96. The van der Waals surface area contributed by atoms with Gasteiger partial charge in [0.05, 0.1) is 6.61 Å². The van der Waals surface area contributed by atoms with E-state index >= 15 is 0 Å². The smallest absolute Gasteiger partial charge is 0.322 e. The maximum atomic E-state index is 11.1. The van der Waals surface area contributed by atoms with E-state index in [1.807, 2.05) is 0 Å². The van der Waals surface area contributed by atoms with Crippen LogP contribution in [0.15, 0.2) is 0 Å². The molecule has 0 fully saturated rings. The topological polar surface area (TPSA) is 26.3 Å². The van der Waals surface area contributed by atoms with Crippen LogP contribution in [0.25, 0.3) is 0 Å². The van der Waals surface area contributed by atoms with Crippen molar-refractivity contribution in [2.24, 2.45) is 0 Å². The number of unbranched alkanes of at least 4 members (excludes halogenated alkanes) is 1. The highest BCUT2D eigenvalue weighted by atomic mass is 79.9. The average molecular weight is 258 g/mol. The van der Waals surface area contributed by atoms with Crippen LogP contribution < -0.4 is 0 Å². The van der Waals surface area contributed by atoms with Gasteiger partial charge >= 0.3 is 5.97 Å². The van der Waals surface area contributed by atoms with Crippen molar-refractivity contribution >= 4 is 33.5 Å². The summed E-state index contributed by atoms with van der Waals surface area (Å²) in [6.45, 7) is 3.98. The number of ether oxygens (including phenoxy) is 1. The van der Waals surface area contributed by atoms with Crippen molar-refractivity contribution in [2.75, 3.05) is 12.5 Å². The predicted molar refractivity (Wildman–Crippen MR) is 53.9 cm³/mol. The molecule has 0 spiro atoms. The van der Waals surface area contributed by atoms with Crippen molar-refractivity contribution in [2.45, 2.75) is 31.0 Å². The first-order valence-corrected chi connectivity index (χ1v) is 5.23. The number of rotatable bonds is 5. The van der Waals surface area contributed by atoms with Crippen LogP contribution in [0.3, 0.4) is 0 Å². The largest absolute Gasteiger partial charge is 0.465 e. The Morgan fingerprint density at radius 3 is 2.50 bits per heavy atom. The fourth-order valence-electron chi connectivity index (χ4n) is 0.533. The normalized spacial score (nSPS) is 11.3. The predicted octanol–water partition coefficient (Wildman–Crippen LogP) is 2.72. The molecule has 0 unspecified atom stereocenters. The standard InChI is InChI=1S/C8H14BrClO2/c1-8(2,9)7(11)12-6-4-3-5-10/h3-6H2,1-2H3. The van der Waals surface area contributed by atoms with Crippen LogP contribution in [0.5, 0.6) is 0 Å². The fraction of sp³-hybridized carbons (Fsp3) is 0.875. The van der Waals surface area contributed by atoms with Gasteiger partial charge in [0.1, 0.15) is 4.32 Å². The zero-order valence-electron chi connectivity index (χ0n) is 7.40. The van der Waals surface area contributed by atoms with Crippen molar-refractivity contribution in [3.05, 3.63) is 0 Å². The van der Waals surface area contributed by atoms with Crippen LogP contribution in [-0.4, -0.2) is 22.8 Å². The van der Waals surface area contributed by atoms with E-state index in [4.69, 9.17) is 16.3 Å². The van der Waals surface area contributed by atoms with Crippen LogP contribution in [0.2, 0.25) is 0 Å². The third-order valence-corrected chi connectivity index (χ3v) is 1.84. The van der Waals surface area contributed by atoms with E-state index in [1.165, 1.54) is 0 Å². The Morgan fingerprint density at radius 1 is 1.50 bits per heavy atom. The van der Waals surface area contributed by atoms with E-state index in [-0.39, 0.29) is 5.97 Å². The van der Waals surface area contributed by atoms with Crippen molar-refractivity contribution < 1.29 is 9.53 Å². The fourth-order valence-corrected chi connectivity index (χ4v) is 0.836. The molecule has 12 heavy (non-hydrogen) atoms. The van der Waals surface area contributed by atoms with Crippen LogP contribution in [0.4, 0.5) is 0 Å². The van der Waals surface area contributed by atoms with E-state index in [0.29, 0.717) is 12.5 Å². The van der Waals surface area contributed by atoms with Gasteiger partial charge in [0.2, 0.25) is 0 Å². The van der Waals surface area contributed by atoms with E-state index in [2.05, 4.69) is 15.9 Å². The molecule has 4 heteroatoms. The second kappa shape index (κ2) is 5.81. The van der Waals surface area contributed by atoms with Gasteiger partial charge in [-0.3, -0.25) is 4.79 Å². The minimum absolute atomic E-state index is 0.225. The van der Waals surface area contributed by atoms with Crippen molar-refractivity contribution in [1.29, 1.82) is 0 Å². The third kappa shape index (κ3) is 5.84. The van der Waals surface area contributed by atoms with E-state index in [9.17, 15) is 4.79 Å². The molecule has 0 radical (unpaired) electrons. The molecular formula is C8H14BrClO2. The Bertz CT molecular complexity index is 142. The SMILES string of the molecule is CC(C)(Br)C(=O)OCCCCCl. The molecule has 0 N–H and O–H groups in total. The number of halogens is 2. The van der Waals surface area contributed by atoms with Gasteiger partial charge in [-0.15, -0.1) is 11.6 Å². The third-order valence-electron chi connectivity index (χ3n) is 1.25. The maximum absolute atomic E-state index is 11.1. The quantitative estimate of drug-likeness (QED) is 0.430. The first kappa shape index (κ1) is 12.2. The molecule has 0 aliphatic carbocycles. The number of esters is 1. The summed E-state index contributed by atoms with van der Waals surface area (Å²) in [5, 5.41) is 0. The van der Waals surface area contributed by atoms with Gasteiger partial charge in [0, 0.05) is 5.88 Å². The Hall–Kier alpha value is 0.240. The first-order valence-electron chi connectivity index (χ1n) is 3.90. The molecule has 0 amide bonds. The summed E-state index contributed by atoms with van der Waals surface area (Å²) in [5.41, 5.74) is 0. The Balaban J connectivity index is 3.45. The molecule has 0 saturated heterocycles. The molecule has 0 heterocycles. The number of hydrogen-bond donors (Lipinski definition) is 0. The van der Waals surface area contributed by atoms with Gasteiger partial charge in [0.25, 0.3) is 0 Å². The Kier molecular flexibility index (Phi) is 5.93. The summed E-state index contributed by atoms with van der Waals surface area (Å²) in [6, 6.07) is 0. The lowest BCUT2D eigenvalue weighted by Crippen LogP contribution is -2.26. The molecule has 0 aromatic rings. The molecular weight excluding hydrogens is 243 g/mol. The van der Waals surface area contributed by atoms with Crippen LogP contribution in [-0.2, 0) is 9.53 Å².